The third kappa shape index (κ3) is 1.92. The fraction of sp³-hybridized carbons (Fsp3) is 0.150. The number of hydrogen-bond acceptors (Lipinski definition) is 5. The van der Waals surface area contributed by atoms with Crippen molar-refractivity contribution < 1.29 is 24.6 Å². The number of ketones is 3. The van der Waals surface area contributed by atoms with E-state index in [9.17, 15) is 24.6 Å². The Labute approximate surface area is 142 Å². The summed E-state index contributed by atoms with van der Waals surface area (Å²) in [6.07, 6.45) is 2.72. The minimum absolute atomic E-state index is 0.0653. The van der Waals surface area contributed by atoms with Crippen molar-refractivity contribution in [3.63, 3.8) is 0 Å². The Balaban J connectivity index is 2.16. The van der Waals surface area contributed by atoms with Gasteiger partial charge in [-0.1, -0.05) is 6.08 Å². The lowest BCUT2D eigenvalue weighted by molar-refractivity contribution is -0.112. The molecule has 0 aromatic heterocycles. The molecule has 0 atom stereocenters. The number of carbonyl (C=O) groups excluding carboxylic acids is 3. The number of hydrogen-bond donors (Lipinski definition) is 2. The molecule has 0 spiro atoms. The molecule has 0 aliphatic heterocycles. The second kappa shape index (κ2) is 4.89. The van der Waals surface area contributed by atoms with E-state index in [0.717, 1.165) is 11.1 Å². The van der Waals surface area contributed by atoms with Gasteiger partial charge in [0.25, 0.3) is 0 Å². The van der Waals surface area contributed by atoms with E-state index in [-0.39, 0.29) is 50.6 Å². The summed E-state index contributed by atoms with van der Waals surface area (Å²) in [6, 6.07) is 3.24. The Kier molecular flexibility index (Phi) is 3.00. The summed E-state index contributed by atoms with van der Waals surface area (Å²) >= 11 is 0. The Bertz CT molecular complexity index is 1150. The maximum absolute atomic E-state index is 12.9. The first-order valence-corrected chi connectivity index (χ1v) is 7.84. The highest BCUT2D eigenvalue weighted by Gasteiger charge is 2.36. The van der Waals surface area contributed by atoms with Crippen molar-refractivity contribution in [3.05, 3.63) is 56.0 Å². The fourth-order valence-electron chi connectivity index (χ4n) is 3.44. The fourth-order valence-corrected chi connectivity index (χ4v) is 3.44. The number of aryl methyl sites for hydroxylation is 2. The van der Waals surface area contributed by atoms with E-state index < -0.39 is 17.3 Å². The summed E-state index contributed by atoms with van der Waals surface area (Å²) in [5, 5.41) is 21.5. The molecule has 0 saturated carbocycles. The molecule has 0 bridgehead atoms. The monoisotopic (exact) mass is 334 g/mol. The van der Waals surface area contributed by atoms with Crippen LogP contribution >= 0.6 is 0 Å². The van der Waals surface area contributed by atoms with Gasteiger partial charge in [-0.3, -0.25) is 14.4 Å². The van der Waals surface area contributed by atoms with E-state index in [4.69, 9.17) is 0 Å². The average molecular weight is 334 g/mol. The van der Waals surface area contributed by atoms with Crippen molar-refractivity contribution in [2.24, 2.45) is 0 Å². The van der Waals surface area contributed by atoms with Gasteiger partial charge in [-0.2, -0.15) is 0 Å². The van der Waals surface area contributed by atoms with E-state index in [0.29, 0.717) is 0 Å². The predicted molar refractivity (Wildman–Crippen MR) is 90.4 cm³/mol. The quantitative estimate of drug-likeness (QED) is 0.599. The molecule has 4 rings (SSSR count). The molecule has 25 heavy (non-hydrogen) atoms. The topological polar surface area (TPSA) is 91.7 Å². The first-order chi connectivity index (χ1) is 11.8. The Hall–Kier alpha value is -3.21. The molecule has 2 N–H and O–H groups in total. The SMILES string of the molecule is Cc1cc2c(cc1C)C(=O)c1c(c(O)c3c(c1O)=CC(=O)CC=3)C2=O. The zero-order chi connectivity index (χ0) is 18.0. The van der Waals surface area contributed by atoms with Crippen LogP contribution in [0.1, 0.15) is 49.4 Å². The number of Topliss-reactive ketones (excluding diaryl/α,β-unsaturated/α-hetero) is 1. The third-order valence-corrected chi connectivity index (χ3v) is 4.91. The number of benzene rings is 2. The van der Waals surface area contributed by atoms with Crippen LogP contribution in [-0.2, 0) is 4.79 Å². The summed E-state index contributed by atoms with van der Waals surface area (Å²) in [7, 11) is 0. The largest absolute Gasteiger partial charge is 0.507 e. The van der Waals surface area contributed by atoms with E-state index in [1.54, 1.807) is 12.1 Å². The molecular formula is C20H14O5. The second-order valence-corrected chi connectivity index (χ2v) is 6.43. The van der Waals surface area contributed by atoms with E-state index >= 15 is 0 Å². The molecule has 2 aromatic carbocycles. The molecule has 2 aromatic rings. The van der Waals surface area contributed by atoms with Crippen molar-refractivity contribution in [1.29, 1.82) is 0 Å². The molecule has 0 unspecified atom stereocenters. The van der Waals surface area contributed by atoms with Gasteiger partial charge in [-0.15, -0.1) is 0 Å². The summed E-state index contributed by atoms with van der Waals surface area (Å²) < 4.78 is 0. The first-order valence-electron chi connectivity index (χ1n) is 7.84. The Morgan fingerprint density at radius 3 is 1.80 bits per heavy atom. The van der Waals surface area contributed by atoms with E-state index in [1.807, 2.05) is 13.8 Å². The summed E-state index contributed by atoms with van der Waals surface area (Å²) in [5.74, 6) is -2.09. The molecule has 5 heteroatoms. The number of phenols is 2. The van der Waals surface area contributed by atoms with Crippen LogP contribution in [0.4, 0.5) is 0 Å². The predicted octanol–water partition coefficient (Wildman–Crippen LogP) is 1.02. The van der Waals surface area contributed by atoms with Crippen molar-refractivity contribution in [2.75, 3.05) is 0 Å². The molecule has 124 valence electrons. The van der Waals surface area contributed by atoms with Crippen LogP contribution in [0.2, 0.25) is 0 Å². The Morgan fingerprint density at radius 1 is 0.800 bits per heavy atom. The molecule has 0 heterocycles. The lowest BCUT2D eigenvalue weighted by Gasteiger charge is -2.22. The van der Waals surface area contributed by atoms with Crippen molar-refractivity contribution in [2.45, 2.75) is 20.3 Å². The van der Waals surface area contributed by atoms with Crippen LogP contribution in [0.25, 0.3) is 12.2 Å². The molecule has 0 radical (unpaired) electrons. The lowest BCUT2D eigenvalue weighted by Crippen LogP contribution is -2.35. The van der Waals surface area contributed by atoms with E-state index in [2.05, 4.69) is 0 Å². The number of fused-ring (bicyclic) bond motifs is 3. The summed E-state index contributed by atoms with van der Waals surface area (Å²) in [6.45, 7) is 3.66. The number of carbonyl (C=O) groups is 3. The summed E-state index contributed by atoms with van der Waals surface area (Å²) in [4.78, 5) is 37.5. The number of phenolic OH excluding ortho intramolecular Hbond substituents is 2. The van der Waals surface area contributed by atoms with E-state index in [1.165, 1.54) is 12.2 Å². The lowest BCUT2D eigenvalue weighted by atomic mass is 9.80. The zero-order valence-corrected chi connectivity index (χ0v) is 13.6. The molecule has 0 amide bonds. The van der Waals surface area contributed by atoms with Crippen LogP contribution in [0.3, 0.4) is 0 Å². The smallest absolute Gasteiger partial charge is 0.198 e. The van der Waals surface area contributed by atoms with Gasteiger partial charge in [-0.05, 0) is 43.2 Å². The van der Waals surface area contributed by atoms with Gasteiger partial charge in [0.2, 0.25) is 0 Å². The minimum atomic E-state index is -0.533. The molecule has 2 aliphatic rings. The highest BCUT2D eigenvalue weighted by atomic mass is 16.3. The molecule has 5 nitrogen and oxygen atoms in total. The van der Waals surface area contributed by atoms with Gasteiger partial charge in [0.15, 0.2) is 17.3 Å². The van der Waals surface area contributed by atoms with Crippen LogP contribution in [-0.4, -0.2) is 27.6 Å². The molecule has 0 fully saturated rings. The van der Waals surface area contributed by atoms with Gasteiger partial charge in [0, 0.05) is 28.0 Å². The van der Waals surface area contributed by atoms with Crippen molar-refractivity contribution in [3.8, 4) is 11.5 Å². The van der Waals surface area contributed by atoms with Crippen LogP contribution in [0.5, 0.6) is 11.5 Å². The molecule has 0 saturated heterocycles. The normalized spacial score (nSPS) is 15.0. The van der Waals surface area contributed by atoms with Crippen molar-refractivity contribution >= 4 is 29.5 Å². The van der Waals surface area contributed by atoms with Crippen LogP contribution in [0.15, 0.2) is 12.1 Å². The first kappa shape index (κ1) is 15.3. The average Bonchev–Trinajstić information content (AvgIpc) is 2.57. The van der Waals surface area contributed by atoms with Crippen molar-refractivity contribution in [1.82, 2.24) is 0 Å². The minimum Gasteiger partial charge on any atom is -0.507 e. The third-order valence-electron chi connectivity index (χ3n) is 4.91. The molecule has 2 aliphatic carbocycles. The standard InChI is InChI=1S/C20H14O5/c1-8-5-12-13(6-9(8)2)19(24)16-15(18(12)23)17(22)11-4-3-10(21)7-14(11)20(16)25/h4-7,22,25H,3H2,1-2H3. The van der Waals surface area contributed by atoms with Gasteiger partial charge >= 0.3 is 0 Å². The van der Waals surface area contributed by atoms with Gasteiger partial charge in [0.1, 0.15) is 11.5 Å². The number of aromatic hydroxyl groups is 2. The zero-order valence-electron chi connectivity index (χ0n) is 13.6. The van der Waals surface area contributed by atoms with Crippen LogP contribution in [0, 0.1) is 13.8 Å². The highest BCUT2D eigenvalue weighted by molar-refractivity contribution is 6.30. The van der Waals surface area contributed by atoms with Gasteiger partial charge in [-0.25, -0.2) is 0 Å². The Morgan fingerprint density at radius 2 is 1.28 bits per heavy atom. The summed E-state index contributed by atoms with van der Waals surface area (Å²) in [5.41, 5.74) is 1.68. The maximum atomic E-state index is 12.9. The van der Waals surface area contributed by atoms with Gasteiger partial charge in [0.05, 0.1) is 11.1 Å². The number of rotatable bonds is 0. The van der Waals surface area contributed by atoms with Crippen LogP contribution < -0.4 is 10.4 Å². The highest BCUT2D eigenvalue weighted by Crippen LogP contribution is 2.35. The maximum Gasteiger partial charge on any atom is 0.198 e. The second-order valence-electron chi connectivity index (χ2n) is 6.43. The molecular weight excluding hydrogens is 320 g/mol. The van der Waals surface area contributed by atoms with Gasteiger partial charge < -0.3 is 10.2 Å².